The first-order chi connectivity index (χ1) is 14.1. The highest BCUT2D eigenvalue weighted by atomic mass is 16.4. The third-order valence-corrected chi connectivity index (χ3v) is 10.3. The van der Waals surface area contributed by atoms with Crippen LogP contribution in [0.15, 0.2) is 11.6 Å². The summed E-state index contributed by atoms with van der Waals surface area (Å²) in [5.41, 5.74) is 1.25. The summed E-state index contributed by atoms with van der Waals surface area (Å²) in [7, 11) is 0. The van der Waals surface area contributed by atoms with E-state index in [0.29, 0.717) is 29.5 Å². The third kappa shape index (κ3) is 3.20. The summed E-state index contributed by atoms with van der Waals surface area (Å²) >= 11 is 0. The van der Waals surface area contributed by atoms with Crippen molar-refractivity contribution in [1.29, 1.82) is 0 Å². The number of carbonyl (C=O) groups is 2. The number of fused-ring (bicyclic) bond motifs is 5. The van der Waals surface area contributed by atoms with Crippen LogP contribution < -0.4 is 0 Å². The second-order valence-corrected chi connectivity index (χ2v) is 11.5. The number of aliphatic carboxylic acids is 1. The van der Waals surface area contributed by atoms with E-state index in [1.54, 1.807) is 0 Å². The molecular formula is C26H40O4. The second kappa shape index (κ2) is 7.76. The zero-order valence-electron chi connectivity index (χ0n) is 19.2. The number of allylic oxidation sites excluding steroid dienone is 2. The van der Waals surface area contributed by atoms with Crippen molar-refractivity contribution in [2.24, 2.45) is 46.3 Å². The van der Waals surface area contributed by atoms with Gasteiger partial charge in [0.25, 0.3) is 0 Å². The van der Waals surface area contributed by atoms with Gasteiger partial charge in [-0.15, -0.1) is 0 Å². The van der Waals surface area contributed by atoms with Crippen LogP contribution in [0.3, 0.4) is 0 Å². The van der Waals surface area contributed by atoms with E-state index in [1.165, 1.54) is 0 Å². The lowest BCUT2D eigenvalue weighted by Gasteiger charge is -2.61. The molecule has 0 heterocycles. The predicted octanol–water partition coefficient (Wildman–Crippen LogP) is 5.24. The first-order valence-corrected chi connectivity index (χ1v) is 12.2. The highest BCUT2D eigenvalue weighted by Gasteiger charge is 2.64. The van der Waals surface area contributed by atoms with Crippen molar-refractivity contribution in [3.63, 3.8) is 0 Å². The Morgan fingerprint density at radius 3 is 2.47 bits per heavy atom. The fraction of sp³-hybridized carbons (Fsp3) is 0.846. The maximum atomic E-state index is 13.8. The lowest BCUT2D eigenvalue weighted by Crippen LogP contribution is -2.58. The van der Waals surface area contributed by atoms with Gasteiger partial charge in [-0.25, -0.2) is 0 Å². The van der Waals surface area contributed by atoms with Crippen molar-refractivity contribution < 1.29 is 19.8 Å². The van der Waals surface area contributed by atoms with Crippen molar-refractivity contribution >= 4 is 11.8 Å². The number of ketones is 1. The number of Topliss-reactive ketones (excluding diaryl/α,β-unsaturated/α-hetero) is 1. The molecule has 0 aromatic heterocycles. The Labute approximate surface area is 181 Å². The summed E-state index contributed by atoms with van der Waals surface area (Å²) in [4.78, 5) is 24.9. The van der Waals surface area contributed by atoms with Crippen molar-refractivity contribution in [3.8, 4) is 0 Å². The summed E-state index contributed by atoms with van der Waals surface area (Å²) in [5, 5.41) is 19.5. The maximum absolute atomic E-state index is 13.8. The van der Waals surface area contributed by atoms with Crippen molar-refractivity contribution in [2.45, 2.75) is 91.6 Å². The maximum Gasteiger partial charge on any atom is 0.303 e. The highest BCUT2D eigenvalue weighted by Crippen LogP contribution is 2.68. The van der Waals surface area contributed by atoms with E-state index < -0.39 is 5.97 Å². The highest BCUT2D eigenvalue weighted by molar-refractivity contribution is 5.99. The van der Waals surface area contributed by atoms with Crippen LogP contribution in [-0.2, 0) is 9.59 Å². The van der Waals surface area contributed by atoms with E-state index in [9.17, 15) is 14.7 Å². The number of carboxylic acid groups (broad SMARTS) is 1. The molecule has 0 aromatic rings. The molecule has 168 valence electrons. The number of carbonyl (C=O) groups excluding carboxylic acids is 1. The fourth-order valence-electron chi connectivity index (χ4n) is 8.72. The second-order valence-electron chi connectivity index (χ2n) is 11.5. The molecule has 4 nitrogen and oxygen atoms in total. The first kappa shape index (κ1) is 22.0. The third-order valence-electron chi connectivity index (χ3n) is 10.3. The number of aliphatic hydroxyl groups is 1. The Morgan fingerprint density at radius 1 is 1.13 bits per heavy atom. The molecule has 0 amide bonds. The lowest BCUT2D eigenvalue weighted by molar-refractivity contribution is -0.150. The van der Waals surface area contributed by atoms with Crippen LogP contribution in [0.1, 0.15) is 85.5 Å². The van der Waals surface area contributed by atoms with Gasteiger partial charge in [0.15, 0.2) is 5.78 Å². The molecule has 2 N–H and O–H groups in total. The summed E-state index contributed by atoms with van der Waals surface area (Å²) in [5.74, 6) is 1.74. The van der Waals surface area contributed by atoms with Crippen molar-refractivity contribution in [2.75, 3.05) is 0 Å². The molecule has 9 atom stereocenters. The van der Waals surface area contributed by atoms with Crippen molar-refractivity contribution in [3.05, 3.63) is 11.6 Å². The van der Waals surface area contributed by atoms with Crippen LogP contribution in [0.4, 0.5) is 0 Å². The van der Waals surface area contributed by atoms with Gasteiger partial charge in [-0.05, 0) is 104 Å². The Hall–Kier alpha value is -1.16. The predicted molar refractivity (Wildman–Crippen MR) is 117 cm³/mol. The zero-order chi connectivity index (χ0) is 21.8. The molecule has 0 aliphatic heterocycles. The summed E-state index contributed by atoms with van der Waals surface area (Å²) in [6.45, 7) is 9.04. The van der Waals surface area contributed by atoms with Gasteiger partial charge < -0.3 is 10.2 Å². The van der Waals surface area contributed by atoms with E-state index in [0.717, 1.165) is 56.9 Å². The minimum atomic E-state index is -0.705. The quantitative estimate of drug-likeness (QED) is 0.614. The van der Waals surface area contributed by atoms with Gasteiger partial charge in [-0.1, -0.05) is 26.8 Å². The number of hydrogen-bond acceptors (Lipinski definition) is 3. The average Bonchev–Trinajstić information content (AvgIpc) is 3.05. The molecule has 0 saturated heterocycles. The van der Waals surface area contributed by atoms with Crippen LogP contribution in [0.25, 0.3) is 0 Å². The normalized spacial score (nSPS) is 48.0. The average molecular weight is 417 g/mol. The monoisotopic (exact) mass is 416 g/mol. The smallest absolute Gasteiger partial charge is 0.303 e. The number of rotatable bonds is 4. The fourth-order valence-corrected chi connectivity index (χ4v) is 8.72. The first-order valence-electron chi connectivity index (χ1n) is 12.2. The van der Waals surface area contributed by atoms with Gasteiger partial charge in [0.1, 0.15) is 0 Å². The molecule has 4 fully saturated rings. The Bertz CT molecular complexity index is 741. The minimum absolute atomic E-state index is 0.114. The molecular weight excluding hydrogens is 376 g/mol. The van der Waals surface area contributed by atoms with Gasteiger partial charge in [0, 0.05) is 12.3 Å². The number of carboxylic acids is 1. The molecule has 0 aromatic carbocycles. The Morgan fingerprint density at radius 2 is 1.80 bits per heavy atom. The van der Waals surface area contributed by atoms with Gasteiger partial charge in [0.05, 0.1) is 6.10 Å². The van der Waals surface area contributed by atoms with Gasteiger partial charge in [-0.3, -0.25) is 9.59 Å². The lowest BCUT2D eigenvalue weighted by atomic mass is 9.43. The standard InChI is InChI=1S/C26H40O4/c1-5-17-21-14-16(27)10-12-26(21,4)20-11-13-25(3)18(15(2)6-9-22(28)29)7-8-19(25)23(20)24(17)30/h5,15-16,18-21,23,27H,6-14H2,1-4H3,(H,28,29)/b17-5-/t15-,16-,18?,19?,20?,21+,23?,25-,26-/m1/s1. The minimum Gasteiger partial charge on any atom is -0.481 e. The Kier molecular flexibility index (Phi) is 5.70. The molecule has 4 saturated carbocycles. The SMILES string of the molecule is C/C=C1\C(=O)C2C3CCC([C@H](C)CCC(=O)O)[C@@]3(C)CCC2[C@@]2(C)CC[C@@H](O)C[C@@H]12. The molecule has 4 aliphatic carbocycles. The van der Waals surface area contributed by atoms with Gasteiger partial charge in [-0.2, -0.15) is 0 Å². The molecule has 0 radical (unpaired) electrons. The largest absolute Gasteiger partial charge is 0.481 e. The molecule has 4 aliphatic rings. The van der Waals surface area contributed by atoms with Crippen LogP contribution in [0.2, 0.25) is 0 Å². The van der Waals surface area contributed by atoms with Gasteiger partial charge >= 0.3 is 5.97 Å². The summed E-state index contributed by atoms with van der Waals surface area (Å²) in [6, 6.07) is 0. The summed E-state index contributed by atoms with van der Waals surface area (Å²) in [6.07, 6.45) is 9.86. The zero-order valence-corrected chi connectivity index (χ0v) is 19.2. The summed E-state index contributed by atoms with van der Waals surface area (Å²) < 4.78 is 0. The van der Waals surface area contributed by atoms with Crippen LogP contribution in [0.5, 0.6) is 0 Å². The molecule has 0 bridgehead atoms. The van der Waals surface area contributed by atoms with E-state index in [-0.39, 0.29) is 35.2 Å². The topological polar surface area (TPSA) is 74.6 Å². The molecule has 4 unspecified atom stereocenters. The van der Waals surface area contributed by atoms with E-state index in [1.807, 2.05) is 13.0 Å². The van der Waals surface area contributed by atoms with Crippen LogP contribution in [0, 0.1) is 46.3 Å². The van der Waals surface area contributed by atoms with Crippen molar-refractivity contribution in [1.82, 2.24) is 0 Å². The Balaban J connectivity index is 1.64. The van der Waals surface area contributed by atoms with E-state index in [2.05, 4.69) is 20.8 Å². The number of hydrogen-bond donors (Lipinski definition) is 2. The van der Waals surface area contributed by atoms with E-state index in [4.69, 9.17) is 5.11 Å². The van der Waals surface area contributed by atoms with Crippen LogP contribution in [-0.4, -0.2) is 28.1 Å². The molecule has 4 rings (SSSR count). The van der Waals surface area contributed by atoms with E-state index >= 15 is 0 Å². The number of aliphatic hydroxyl groups excluding tert-OH is 1. The molecule has 4 heteroatoms. The molecule has 30 heavy (non-hydrogen) atoms. The van der Waals surface area contributed by atoms with Crippen LogP contribution >= 0.6 is 0 Å². The van der Waals surface area contributed by atoms with Gasteiger partial charge in [0.2, 0.25) is 0 Å². The molecule has 0 spiro atoms.